The number of hydrogen-bond donors (Lipinski definition) is 0. The monoisotopic (exact) mass is 292 g/mol. The van der Waals surface area contributed by atoms with Crippen molar-refractivity contribution < 1.29 is 19.0 Å². The molecule has 0 aromatic carbocycles. The molecular weight excluding hydrogens is 272 g/mol. The summed E-state index contributed by atoms with van der Waals surface area (Å²) in [6.45, 7) is 3.10. The maximum Gasteiger partial charge on any atom is 0.341 e. The van der Waals surface area contributed by atoms with Crippen LogP contribution in [0.5, 0.6) is 5.75 Å². The minimum atomic E-state index is -0.409. The van der Waals surface area contributed by atoms with E-state index in [4.69, 9.17) is 14.2 Å². The van der Waals surface area contributed by atoms with Crippen LogP contribution in [0.4, 0.5) is 0 Å². The second kappa shape index (κ2) is 7.08. The molecule has 6 heteroatoms. The molecule has 0 spiro atoms. The van der Waals surface area contributed by atoms with Crippen molar-refractivity contribution >= 4 is 11.5 Å². The largest absolute Gasteiger partial charge is 0.492 e. The second-order valence-electron chi connectivity index (χ2n) is 4.63. The van der Waals surface area contributed by atoms with Crippen LogP contribution in [0.3, 0.4) is 0 Å². The van der Waals surface area contributed by atoms with Crippen LogP contribution in [-0.4, -0.2) is 36.4 Å². The number of nitrogens with zero attached hydrogens (tertiary/aromatic N) is 2. The summed E-state index contributed by atoms with van der Waals surface area (Å²) < 4.78 is 17.4. The molecule has 0 aliphatic heterocycles. The van der Waals surface area contributed by atoms with Gasteiger partial charge in [0.2, 0.25) is 0 Å². The molecule has 0 saturated heterocycles. The Morgan fingerprint density at radius 1 is 1.33 bits per heavy atom. The van der Waals surface area contributed by atoms with Crippen molar-refractivity contribution in [1.29, 1.82) is 0 Å². The zero-order chi connectivity index (χ0) is 15.2. The minimum Gasteiger partial charge on any atom is -0.492 e. The first-order chi connectivity index (χ1) is 10.2. The van der Waals surface area contributed by atoms with E-state index in [1.165, 1.54) is 13.3 Å². The average Bonchev–Trinajstić information content (AvgIpc) is 2.93. The van der Waals surface area contributed by atoms with Gasteiger partial charge in [0.15, 0.2) is 0 Å². The van der Waals surface area contributed by atoms with Crippen LogP contribution in [0.1, 0.15) is 35.8 Å². The van der Waals surface area contributed by atoms with E-state index in [1.54, 1.807) is 17.7 Å². The molecule has 0 aliphatic carbocycles. The molecule has 0 saturated carbocycles. The SMILES string of the molecule is CCCCOc1ccc2c(C(=O)OC)cnn2c1COC. The zero-order valence-corrected chi connectivity index (χ0v) is 12.6. The van der Waals surface area contributed by atoms with Gasteiger partial charge >= 0.3 is 5.97 Å². The van der Waals surface area contributed by atoms with Crippen molar-refractivity contribution in [1.82, 2.24) is 9.61 Å². The molecule has 0 atom stereocenters. The molecular formula is C15H20N2O4. The highest BCUT2D eigenvalue weighted by atomic mass is 16.5. The summed E-state index contributed by atoms with van der Waals surface area (Å²) >= 11 is 0. The van der Waals surface area contributed by atoms with Crippen LogP contribution in [0.2, 0.25) is 0 Å². The molecule has 2 heterocycles. The molecule has 0 radical (unpaired) electrons. The third-order valence-corrected chi connectivity index (χ3v) is 3.18. The smallest absolute Gasteiger partial charge is 0.341 e. The standard InChI is InChI=1S/C15H20N2O4/c1-4-5-8-21-14-7-6-12-11(15(18)20-3)9-16-17(12)13(14)10-19-2/h6-7,9H,4-5,8,10H2,1-3H3. The van der Waals surface area contributed by atoms with Gasteiger partial charge in [-0.15, -0.1) is 0 Å². The predicted molar refractivity (Wildman–Crippen MR) is 77.6 cm³/mol. The van der Waals surface area contributed by atoms with Crippen LogP contribution in [0.25, 0.3) is 5.52 Å². The number of aromatic nitrogens is 2. The lowest BCUT2D eigenvalue weighted by Gasteiger charge is -2.12. The fraction of sp³-hybridized carbons (Fsp3) is 0.467. The van der Waals surface area contributed by atoms with Gasteiger partial charge in [0.05, 0.1) is 32.0 Å². The number of methoxy groups -OCH3 is 2. The predicted octanol–water partition coefficient (Wildman–Crippen LogP) is 2.45. The molecule has 0 aliphatic rings. The van der Waals surface area contributed by atoms with E-state index in [1.807, 2.05) is 6.07 Å². The van der Waals surface area contributed by atoms with Crippen LogP contribution >= 0.6 is 0 Å². The number of carbonyl (C=O) groups excluding carboxylic acids is 1. The molecule has 0 bridgehead atoms. The van der Waals surface area contributed by atoms with Crippen molar-refractivity contribution in [2.24, 2.45) is 0 Å². The highest BCUT2D eigenvalue weighted by molar-refractivity contribution is 5.96. The fourth-order valence-electron chi connectivity index (χ4n) is 2.08. The molecule has 114 valence electrons. The molecule has 0 N–H and O–H groups in total. The number of carbonyl (C=O) groups is 1. The quantitative estimate of drug-likeness (QED) is 0.579. The highest BCUT2D eigenvalue weighted by Gasteiger charge is 2.17. The number of unbranched alkanes of at least 4 members (excludes halogenated alkanes) is 1. The number of rotatable bonds is 7. The van der Waals surface area contributed by atoms with Gasteiger partial charge in [0, 0.05) is 7.11 Å². The lowest BCUT2D eigenvalue weighted by atomic mass is 10.2. The van der Waals surface area contributed by atoms with E-state index in [0.29, 0.717) is 24.3 Å². The topological polar surface area (TPSA) is 62.1 Å². The van der Waals surface area contributed by atoms with Crippen molar-refractivity contribution in [3.8, 4) is 5.75 Å². The first kappa shape index (κ1) is 15.3. The summed E-state index contributed by atoms with van der Waals surface area (Å²) in [6.07, 6.45) is 3.54. The first-order valence-corrected chi connectivity index (χ1v) is 6.92. The highest BCUT2D eigenvalue weighted by Crippen LogP contribution is 2.24. The van der Waals surface area contributed by atoms with Crippen LogP contribution in [-0.2, 0) is 16.1 Å². The van der Waals surface area contributed by atoms with E-state index >= 15 is 0 Å². The molecule has 0 fully saturated rings. The van der Waals surface area contributed by atoms with Gasteiger partial charge in [-0.3, -0.25) is 0 Å². The summed E-state index contributed by atoms with van der Waals surface area (Å²) in [6, 6.07) is 3.65. The normalized spacial score (nSPS) is 10.8. The average molecular weight is 292 g/mol. The van der Waals surface area contributed by atoms with E-state index in [-0.39, 0.29) is 0 Å². The molecule has 6 nitrogen and oxygen atoms in total. The van der Waals surface area contributed by atoms with Gasteiger partial charge in [-0.1, -0.05) is 13.3 Å². The third kappa shape index (κ3) is 3.16. The van der Waals surface area contributed by atoms with E-state index in [9.17, 15) is 4.79 Å². The lowest BCUT2D eigenvalue weighted by molar-refractivity contribution is 0.0603. The molecule has 0 amide bonds. The number of fused-ring (bicyclic) bond motifs is 1. The molecule has 2 aromatic rings. The third-order valence-electron chi connectivity index (χ3n) is 3.18. The van der Waals surface area contributed by atoms with Crippen molar-refractivity contribution in [2.75, 3.05) is 20.8 Å². The lowest BCUT2D eigenvalue weighted by Crippen LogP contribution is -2.07. The Morgan fingerprint density at radius 3 is 2.81 bits per heavy atom. The number of hydrogen-bond acceptors (Lipinski definition) is 5. The van der Waals surface area contributed by atoms with Gasteiger partial charge in [-0.05, 0) is 18.6 Å². The Balaban J connectivity index is 2.43. The summed E-state index contributed by atoms with van der Waals surface area (Å²) in [4.78, 5) is 11.7. The van der Waals surface area contributed by atoms with E-state index in [2.05, 4.69) is 12.0 Å². The summed E-state index contributed by atoms with van der Waals surface area (Å²) in [7, 11) is 2.96. The number of esters is 1. The summed E-state index contributed by atoms with van der Waals surface area (Å²) in [5.74, 6) is 0.310. The van der Waals surface area contributed by atoms with Gasteiger partial charge < -0.3 is 14.2 Å². The Morgan fingerprint density at radius 2 is 2.14 bits per heavy atom. The van der Waals surface area contributed by atoms with Crippen LogP contribution in [0, 0.1) is 0 Å². The van der Waals surface area contributed by atoms with Crippen LogP contribution in [0.15, 0.2) is 18.3 Å². The zero-order valence-electron chi connectivity index (χ0n) is 12.6. The van der Waals surface area contributed by atoms with Gasteiger partial charge in [-0.2, -0.15) is 5.10 Å². The Bertz CT molecular complexity index is 621. The Labute approximate surface area is 123 Å². The number of ether oxygens (including phenoxy) is 3. The Kier molecular flexibility index (Phi) is 5.16. The van der Waals surface area contributed by atoms with Crippen molar-refractivity contribution in [2.45, 2.75) is 26.4 Å². The van der Waals surface area contributed by atoms with Crippen molar-refractivity contribution in [3.63, 3.8) is 0 Å². The molecule has 2 aromatic heterocycles. The van der Waals surface area contributed by atoms with Gasteiger partial charge in [0.25, 0.3) is 0 Å². The second-order valence-corrected chi connectivity index (χ2v) is 4.63. The van der Waals surface area contributed by atoms with Crippen molar-refractivity contribution in [3.05, 3.63) is 29.6 Å². The van der Waals surface area contributed by atoms with Gasteiger partial charge in [0.1, 0.15) is 17.0 Å². The molecule has 2 rings (SSSR count). The molecule has 21 heavy (non-hydrogen) atoms. The fourth-order valence-corrected chi connectivity index (χ4v) is 2.08. The van der Waals surface area contributed by atoms with Gasteiger partial charge in [-0.25, -0.2) is 9.31 Å². The minimum absolute atomic E-state index is 0.348. The summed E-state index contributed by atoms with van der Waals surface area (Å²) in [5, 5.41) is 4.25. The van der Waals surface area contributed by atoms with E-state index < -0.39 is 5.97 Å². The number of pyridine rings is 1. The molecule has 0 unspecified atom stereocenters. The maximum absolute atomic E-state index is 11.7. The maximum atomic E-state index is 11.7. The van der Waals surface area contributed by atoms with E-state index in [0.717, 1.165) is 24.3 Å². The first-order valence-electron chi connectivity index (χ1n) is 6.92. The Hall–Kier alpha value is -2.08. The summed E-state index contributed by atoms with van der Waals surface area (Å²) in [5.41, 5.74) is 1.88. The van der Waals surface area contributed by atoms with Crippen LogP contribution < -0.4 is 4.74 Å².